The summed E-state index contributed by atoms with van der Waals surface area (Å²) < 4.78 is 20.9. The van der Waals surface area contributed by atoms with E-state index < -0.39 is 0 Å². The zero-order chi connectivity index (χ0) is 16.5. The van der Waals surface area contributed by atoms with Crippen LogP contribution in [0.5, 0.6) is 0 Å². The van der Waals surface area contributed by atoms with Crippen molar-refractivity contribution in [2.45, 2.75) is 33.1 Å². The molecule has 0 heterocycles. The van der Waals surface area contributed by atoms with Crippen LogP contribution in [0.25, 0.3) is 0 Å². The first-order valence-electron chi connectivity index (χ1n) is 8.26. The van der Waals surface area contributed by atoms with Crippen LogP contribution in [0.2, 0.25) is 0 Å². The maximum absolute atomic E-state index is 12.0. The second kappa shape index (κ2) is 16.7. The van der Waals surface area contributed by atoms with E-state index in [1.165, 1.54) is 0 Å². The molecular weight excluding hydrogens is 286 g/mol. The van der Waals surface area contributed by atoms with Crippen molar-refractivity contribution < 1.29 is 23.7 Å². The number of methoxy groups -OCH3 is 1. The Bertz CT molecular complexity index is 245. The maximum Gasteiger partial charge on any atom is 0.224 e. The van der Waals surface area contributed by atoms with Gasteiger partial charge in [-0.15, -0.1) is 0 Å². The van der Waals surface area contributed by atoms with Crippen molar-refractivity contribution in [2.75, 3.05) is 66.4 Å². The average Bonchev–Trinajstić information content (AvgIpc) is 2.52. The Morgan fingerprint density at radius 2 is 1.23 bits per heavy atom. The quantitative estimate of drug-likeness (QED) is 0.406. The van der Waals surface area contributed by atoms with Crippen molar-refractivity contribution in [1.82, 2.24) is 4.90 Å². The number of rotatable bonds is 16. The van der Waals surface area contributed by atoms with Crippen LogP contribution < -0.4 is 0 Å². The molecule has 0 unspecified atom stereocenters. The largest absolute Gasteiger partial charge is 0.382 e. The van der Waals surface area contributed by atoms with Crippen LogP contribution >= 0.6 is 0 Å². The SMILES string of the molecule is CCCN(CCC)C(=O)CCOCCOCCOCCOC. The normalized spacial score (nSPS) is 10.9. The van der Waals surface area contributed by atoms with Gasteiger partial charge in [-0.1, -0.05) is 13.8 Å². The molecular formula is C16H33NO5. The van der Waals surface area contributed by atoms with Gasteiger partial charge < -0.3 is 23.8 Å². The van der Waals surface area contributed by atoms with Gasteiger partial charge >= 0.3 is 0 Å². The van der Waals surface area contributed by atoms with Gasteiger partial charge in [-0.25, -0.2) is 0 Å². The van der Waals surface area contributed by atoms with E-state index >= 15 is 0 Å². The van der Waals surface area contributed by atoms with Gasteiger partial charge in [0.05, 0.1) is 52.7 Å². The van der Waals surface area contributed by atoms with Gasteiger partial charge in [-0.05, 0) is 12.8 Å². The van der Waals surface area contributed by atoms with Gasteiger partial charge in [0.25, 0.3) is 0 Å². The van der Waals surface area contributed by atoms with Gasteiger partial charge in [0.2, 0.25) is 5.91 Å². The summed E-state index contributed by atoms with van der Waals surface area (Å²) in [6, 6.07) is 0. The molecule has 0 saturated heterocycles. The summed E-state index contributed by atoms with van der Waals surface area (Å²) in [6.07, 6.45) is 2.43. The Kier molecular flexibility index (Phi) is 16.2. The fraction of sp³-hybridized carbons (Fsp3) is 0.938. The Morgan fingerprint density at radius 3 is 1.68 bits per heavy atom. The molecule has 0 atom stereocenters. The molecule has 0 aromatic carbocycles. The lowest BCUT2D eigenvalue weighted by Gasteiger charge is -2.21. The highest BCUT2D eigenvalue weighted by Gasteiger charge is 2.10. The minimum atomic E-state index is 0.177. The second-order valence-corrected chi connectivity index (χ2v) is 4.96. The predicted molar refractivity (Wildman–Crippen MR) is 86.1 cm³/mol. The molecule has 6 nitrogen and oxygen atoms in total. The molecule has 132 valence electrons. The average molecular weight is 319 g/mol. The number of hydrogen-bond donors (Lipinski definition) is 0. The lowest BCUT2D eigenvalue weighted by Crippen LogP contribution is -2.33. The summed E-state index contributed by atoms with van der Waals surface area (Å²) in [5.41, 5.74) is 0. The molecule has 0 bridgehead atoms. The van der Waals surface area contributed by atoms with E-state index in [0.29, 0.717) is 52.7 Å². The van der Waals surface area contributed by atoms with E-state index in [4.69, 9.17) is 18.9 Å². The first-order valence-corrected chi connectivity index (χ1v) is 8.26. The van der Waals surface area contributed by atoms with Gasteiger partial charge in [-0.3, -0.25) is 4.79 Å². The second-order valence-electron chi connectivity index (χ2n) is 4.96. The smallest absolute Gasteiger partial charge is 0.224 e. The van der Waals surface area contributed by atoms with E-state index in [2.05, 4.69) is 13.8 Å². The minimum Gasteiger partial charge on any atom is -0.382 e. The number of carbonyl (C=O) groups is 1. The monoisotopic (exact) mass is 319 g/mol. The third-order valence-corrected chi connectivity index (χ3v) is 2.98. The van der Waals surface area contributed by atoms with Crippen molar-refractivity contribution in [2.24, 2.45) is 0 Å². The molecule has 0 rings (SSSR count). The Morgan fingerprint density at radius 1 is 0.773 bits per heavy atom. The highest BCUT2D eigenvalue weighted by atomic mass is 16.6. The zero-order valence-electron chi connectivity index (χ0n) is 14.5. The van der Waals surface area contributed by atoms with Crippen molar-refractivity contribution in [3.63, 3.8) is 0 Å². The molecule has 0 spiro atoms. The third-order valence-electron chi connectivity index (χ3n) is 2.98. The van der Waals surface area contributed by atoms with Gasteiger partial charge in [0.1, 0.15) is 0 Å². The topological polar surface area (TPSA) is 57.2 Å². The van der Waals surface area contributed by atoms with Crippen molar-refractivity contribution >= 4 is 5.91 Å². The van der Waals surface area contributed by atoms with Crippen LogP contribution in [0.1, 0.15) is 33.1 Å². The molecule has 0 aromatic rings. The summed E-state index contributed by atoms with van der Waals surface area (Å²) in [6.45, 7) is 9.62. The van der Waals surface area contributed by atoms with Gasteiger partial charge in [0, 0.05) is 20.2 Å². The van der Waals surface area contributed by atoms with E-state index in [-0.39, 0.29) is 5.91 Å². The van der Waals surface area contributed by atoms with E-state index in [1.807, 2.05) is 4.90 Å². The lowest BCUT2D eigenvalue weighted by atomic mass is 10.3. The summed E-state index contributed by atoms with van der Waals surface area (Å²) in [5, 5.41) is 0. The van der Waals surface area contributed by atoms with Crippen LogP contribution in [0, 0.1) is 0 Å². The maximum atomic E-state index is 12.0. The Hall–Kier alpha value is -0.690. The lowest BCUT2D eigenvalue weighted by molar-refractivity contribution is -0.132. The zero-order valence-corrected chi connectivity index (χ0v) is 14.5. The third kappa shape index (κ3) is 13.0. The molecule has 0 fully saturated rings. The summed E-state index contributed by atoms with van der Waals surface area (Å²) in [5.74, 6) is 0.177. The van der Waals surface area contributed by atoms with Crippen molar-refractivity contribution in [3.05, 3.63) is 0 Å². The molecule has 1 amide bonds. The van der Waals surface area contributed by atoms with Crippen LogP contribution in [-0.4, -0.2) is 77.3 Å². The standard InChI is InChI=1S/C16H33NO5/c1-4-7-17(8-5-2)16(18)6-9-20-12-13-22-15-14-21-11-10-19-3/h4-15H2,1-3H3. The number of hydrogen-bond acceptors (Lipinski definition) is 5. The first kappa shape index (κ1) is 21.3. The van der Waals surface area contributed by atoms with Gasteiger partial charge in [-0.2, -0.15) is 0 Å². The molecule has 0 aliphatic carbocycles. The number of ether oxygens (including phenoxy) is 4. The first-order chi connectivity index (χ1) is 10.8. The summed E-state index contributed by atoms with van der Waals surface area (Å²) >= 11 is 0. The van der Waals surface area contributed by atoms with Gasteiger partial charge in [0.15, 0.2) is 0 Å². The van der Waals surface area contributed by atoms with Crippen LogP contribution in [0.15, 0.2) is 0 Å². The van der Waals surface area contributed by atoms with Crippen LogP contribution in [0.3, 0.4) is 0 Å². The molecule has 22 heavy (non-hydrogen) atoms. The predicted octanol–water partition coefficient (Wildman–Crippen LogP) is 1.72. The van der Waals surface area contributed by atoms with Crippen molar-refractivity contribution in [1.29, 1.82) is 0 Å². The fourth-order valence-corrected chi connectivity index (χ4v) is 1.90. The van der Waals surface area contributed by atoms with E-state index in [9.17, 15) is 4.79 Å². The molecule has 0 aliphatic heterocycles. The molecule has 0 N–H and O–H groups in total. The molecule has 0 aromatic heterocycles. The molecule has 6 heteroatoms. The minimum absolute atomic E-state index is 0.177. The number of carbonyl (C=O) groups excluding carboxylic acids is 1. The van der Waals surface area contributed by atoms with Crippen LogP contribution in [0.4, 0.5) is 0 Å². The fourth-order valence-electron chi connectivity index (χ4n) is 1.90. The molecule has 0 aliphatic rings. The molecule has 0 saturated carbocycles. The summed E-state index contributed by atoms with van der Waals surface area (Å²) in [7, 11) is 1.64. The number of nitrogens with zero attached hydrogens (tertiary/aromatic N) is 1. The highest BCUT2D eigenvalue weighted by Crippen LogP contribution is 1.99. The van der Waals surface area contributed by atoms with Crippen molar-refractivity contribution in [3.8, 4) is 0 Å². The highest BCUT2D eigenvalue weighted by molar-refractivity contribution is 5.76. The summed E-state index contributed by atoms with van der Waals surface area (Å²) in [4.78, 5) is 13.9. The Labute approximate surface area is 135 Å². The van der Waals surface area contributed by atoms with E-state index in [0.717, 1.165) is 25.9 Å². The Balaban J connectivity index is 3.39. The van der Waals surface area contributed by atoms with Crippen LogP contribution in [-0.2, 0) is 23.7 Å². The van der Waals surface area contributed by atoms with E-state index in [1.54, 1.807) is 7.11 Å². The number of amides is 1. The molecule has 0 radical (unpaired) electrons.